The zero-order chi connectivity index (χ0) is 7.52. The van der Waals surface area contributed by atoms with Crippen LogP contribution in [0.4, 0.5) is 5.82 Å². The first-order chi connectivity index (χ1) is 5.47. The molecule has 0 atom stereocenters. The van der Waals surface area contributed by atoms with Gasteiger partial charge in [0, 0.05) is 18.9 Å². The summed E-state index contributed by atoms with van der Waals surface area (Å²) in [5, 5.41) is 0. The quantitative estimate of drug-likeness (QED) is 0.560. The summed E-state index contributed by atoms with van der Waals surface area (Å²) < 4.78 is 0. The average Bonchev–Trinajstić information content (AvgIpc) is 2.28. The predicted octanol–water partition coefficient (Wildman–Crippen LogP) is 0.339. The summed E-state index contributed by atoms with van der Waals surface area (Å²) in [7, 11) is 0. The van der Waals surface area contributed by atoms with E-state index in [0.717, 1.165) is 30.9 Å². The van der Waals surface area contributed by atoms with Crippen LogP contribution in [-0.2, 0) is 6.42 Å². The van der Waals surface area contributed by atoms with Gasteiger partial charge in [-0.3, -0.25) is 4.98 Å². The van der Waals surface area contributed by atoms with Crippen LogP contribution in [-0.4, -0.2) is 16.5 Å². The summed E-state index contributed by atoms with van der Waals surface area (Å²) in [5.41, 5.74) is 7.11. The van der Waals surface area contributed by atoms with E-state index in [9.17, 15) is 0 Å². The number of anilines is 1. The van der Waals surface area contributed by atoms with E-state index >= 15 is 0 Å². The van der Waals surface area contributed by atoms with Crippen molar-refractivity contribution in [1.82, 2.24) is 15.4 Å². The Kier molecular flexibility index (Phi) is 1.69. The highest BCUT2D eigenvalue weighted by atomic mass is 15.4. The van der Waals surface area contributed by atoms with E-state index in [1.165, 1.54) is 0 Å². The Bertz CT molecular complexity index is 223. The second-order valence-corrected chi connectivity index (χ2v) is 2.51. The summed E-state index contributed by atoms with van der Waals surface area (Å²) >= 11 is 0. The molecule has 58 valence electrons. The Labute approximate surface area is 65.0 Å². The molecule has 2 heterocycles. The number of fused-ring (bicyclic) bond motifs is 1. The molecule has 0 unspecified atom stereocenters. The van der Waals surface area contributed by atoms with Gasteiger partial charge in [-0.05, 0) is 12.8 Å². The van der Waals surface area contributed by atoms with Crippen LogP contribution in [0.1, 0.15) is 12.1 Å². The van der Waals surface area contributed by atoms with E-state index in [1.54, 1.807) is 12.4 Å². The summed E-state index contributed by atoms with van der Waals surface area (Å²) in [6.45, 7) is 0.970. The van der Waals surface area contributed by atoms with Gasteiger partial charge >= 0.3 is 0 Å². The average molecular weight is 150 g/mol. The first kappa shape index (κ1) is 6.54. The van der Waals surface area contributed by atoms with Crippen LogP contribution >= 0.6 is 0 Å². The first-order valence-corrected chi connectivity index (χ1v) is 3.75. The van der Waals surface area contributed by atoms with Crippen molar-refractivity contribution in [3.63, 3.8) is 0 Å². The van der Waals surface area contributed by atoms with Gasteiger partial charge in [-0.2, -0.15) is 0 Å². The first-order valence-electron chi connectivity index (χ1n) is 3.75. The Morgan fingerprint density at radius 2 is 2.18 bits per heavy atom. The molecule has 0 saturated carbocycles. The van der Waals surface area contributed by atoms with E-state index in [4.69, 9.17) is 0 Å². The van der Waals surface area contributed by atoms with Crippen LogP contribution in [0, 0.1) is 0 Å². The standard InChI is InChI=1S/C7H10N4/c1-2-6-7(11-10-3-1)9-5-4-8-6/h4-5,10H,1-3H2,(H,9,11). The molecule has 1 aromatic rings. The smallest absolute Gasteiger partial charge is 0.162 e. The molecular weight excluding hydrogens is 140 g/mol. The zero-order valence-corrected chi connectivity index (χ0v) is 6.17. The van der Waals surface area contributed by atoms with Crippen molar-refractivity contribution in [2.75, 3.05) is 12.0 Å². The number of hydrogen-bond donors (Lipinski definition) is 2. The molecule has 2 N–H and O–H groups in total. The zero-order valence-electron chi connectivity index (χ0n) is 6.17. The Morgan fingerprint density at radius 3 is 3.18 bits per heavy atom. The van der Waals surface area contributed by atoms with Gasteiger partial charge in [0.05, 0.1) is 5.69 Å². The molecule has 2 rings (SSSR count). The van der Waals surface area contributed by atoms with Crippen molar-refractivity contribution in [1.29, 1.82) is 0 Å². The van der Waals surface area contributed by atoms with Gasteiger partial charge in [0.15, 0.2) is 5.82 Å². The highest BCUT2D eigenvalue weighted by Gasteiger charge is 2.06. The van der Waals surface area contributed by atoms with Gasteiger partial charge in [-0.15, -0.1) is 0 Å². The molecule has 4 nitrogen and oxygen atoms in total. The fourth-order valence-corrected chi connectivity index (χ4v) is 1.14. The number of aromatic nitrogens is 2. The van der Waals surface area contributed by atoms with Crippen LogP contribution in [0.2, 0.25) is 0 Å². The summed E-state index contributed by atoms with van der Waals surface area (Å²) in [6, 6.07) is 0. The van der Waals surface area contributed by atoms with Crippen molar-refractivity contribution >= 4 is 5.82 Å². The van der Waals surface area contributed by atoms with E-state index in [1.807, 2.05) is 0 Å². The van der Waals surface area contributed by atoms with Crippen molar-refractivity contribution < 1.29 is 0 Å². The highest BCUT2D eigenvalue weighted by Crippen LogP contribution is 2.10. The lowest BCUT2D eigenvalue weighted by Crippen LogP contribution is -2.21. The Balaban J connectivity index is 2.33. The summed E-state index contributed by atoms with van der Waals surface area (Å²) in [4.78, 5) is 8.36. The molecule has 0 radical (unpaired) electrons. The molecule has 0 saturated heterocycles. The van der Waals surface area contributed by atoms with Crippen molar-refractivity contribution in [3.8, 4) is 0 Å². The van der Waals surface area contributed by atoms with Gasteiger partial charge in [0.2, 0.25) is 0 Å². The van der Waals surface area contributed by atoms with E-state index in [0.29, 0.717) is 0 Å². The third-order valence-corrected chi connectivity index (χ3v) is 1.70. The monoisotopic (exact) mass is 150 g/mol. The van der Waals surface area contributed by atoms with Gasteiger partial charge < -0.3 is 5.43 Å². The van der Waals surface area contributed by atoms with Crippen LogP contribution in [0.25, 0.3) is 0 Å². The van der Waals surface area contributed by atoms with Crippen molar-refractivity contribution in [3.05, 3.63) is 18.1 Å². The third-order valence-electron chi connectivity index (χ3n) is 1.70. The van der Waals surface area contributed by atoms with Gasteiger partial charge in [-0.1, -0.05) is 0 Å². The maximum atomic E-state index is 4.21. The number of rotatable bonds is 0. The van der Waals surface area contributed by atoms with Crippen molar-refractivity contribution in [2.24, 2.45) is 0 Å². The Morgan fingerprint density at radius 1 is 1.27 bits per heavy atom. The minimum absolute atomic E-state index is 0.866. The maximum Gasteiger partial charge on any atom is 0.162 e. The minimum atomic E-state index is 0.866. The predicted molar refractivity (Wildman–Crippen MR) is 42.0 cm³/mol. The van der Waals surface area contributed by atoms with Gasteiger partial charge in [0.1, 0.15) is 0 Å². The maximum absolute atomic E-state index is 4.21. The second kappa shape index (κ2) is 2.84. The number of hydrogen-bond acceptors (Lipinski definition) is 4. The topological polar surface area (TPSA) is 49.8 Å². The molecule has 1 aliphatic rings. The largest absolute Gasteiger partial charge is 0.304 e. The van der Waals surface area contributed by atoms with Crippen LogP contribution in [0.15, 0.2) is 12.4 Å². The van der Waals surface area contributed by atoms with Gasteiger partial charge in [0.25, 0.3) is 0 Å². The molecule has 1 aromatic heterocycles. The van der Waals surface area contributed by atoms with E-state index in [-0.39, 0.29) is 0 Å². The number of nitrogens with one attached hydrogen (secondary N) is 2. The molecule has 0 spiro atoms. The van der Waals surface area contributed by atoms with Crippen LogP contribution in [0.3, 0.4) is 0 Å². The number of nitrogens with zero attached hydrogens (tertiary/aromatic N) is 2. The molecule has 0 aromatic carbocycles. The van der Waals surface area contributed by atoms with Gasteiger partial charge in [-0.25, -0.2) is 10.4 Å². The molecule has 0 fully saturated rings. The summed E-state index contributed by atoms with van der Waals surface area (Å²) in [5.74, 6) is 0.866. The number of aryl methyl sites for hydroxylation is 1. The van der Waals surface area contributed by atoms with E-state index in [2.05, 4.69) is 20.8 Å². The fourth-order valence-electron chi connectivity index (χ4n) is 1.14. The lowest BCUT2D eigenvalue weighted by Gasteiger charge is -2.03. The molecular formula is C7H10N4. The molecule has 0 amide bonds. The fraction of sp³-hybridized carbons (Fsp3) is 0.429. The molecule has 4 heteroatoms. The Hall–Kier alpha value is -1.16. The number of hydrazine groups is 1. The molecule has 0 aliphatic carbocycles. The molecule has 11 heavy (non-hydrogen) atoms. The third kappa shape index (κ3) is 1.30. The summed E-state index contributed by atoms with van der Waals surface area (Å²) in [6.07, 6.45) is 5.53. The normalized spacial score (nSPS) is 16.4. The minimum Gasteiger partial charge on any atom is -0.304 e. The SMILES string of the molecule is c1cnc2c(n1)CCCNN2. The highest BCUT2D eigenvalue weighted by molar-refractivity contribution is 5.38. The lowest BCUT2D eigenvalue weighted by molar-refractivity contribution is 0.736. The lowest BCUT2D eigenvalue weighted by atomic mass is 10.2. The van der Waals surface area contributed by atoms with Crippen LogP contribution in [0.5, 0.6) is 0 Å². The second-order valence-electron chi connectivity index (χ2n) is 2.51. The molecule has 1 aliphatic heterocycles. The molecule has 0 bridgehead atoms. The van der Waals surface area contributed by atoms with Crippen LogP contribution < -0.4 is 10.9 Å². The van der Waals surface area contributed by atoms with Crippen molar-refractivity contribution in [2.45, 2.75) is 12.8 Å². The van der Waals surface area contributed by atoms with E-state index < -0.39 is 0 Å².